The molecule has 36 heavy (non-hydrogen) atoms. The number of aliphatic hydroxyl groups is 1. The number of alkyl halides is 2. The normalized spacial score (nSPS) is 12.7. The Labute approximate surface area is 216 Å². The van der Waals surface area contributed by atoms with E-state index in [1.54, 1.807) is 34.4 Å². The molecule has 1 atom stereocenters. The zero-order valence-electron chi connectivity index (χ0n) is 21.6. The first-order chi connectivity index (χ1) is 17.2. The van der Waals surface area contributed by atoms with Gasteiger partial charge in [-0.1, -0.05) is 84.6 Å². The van der Waals surface area contributed by atoms with Crippen molar-refractivity contribution in [3.05, 3.63) is 94.6 Å². The van der Waals surface area contributed by atoms with Gasteiger partial charge in [-0.3, -0.25) is 4.79 Å². The van der Waals surface area contributed by atoms with E-state index in [4.69, 9.17) is 15.6 Å². The van der Waals surface area contributed by atoms with Gasteiger partial charge in [0.1, 0.15) is 5.75 Å². The van der Waals surface area contributed by atoms with Gasteiger partial charge in [-0.15, -0.1) is 0 Å². The van der Waals surface area contributed by atoms with Crippen molar-refractivity contribution in [2.24, 2.45) is 5.73 Å². The summed E-state index contributed by atoms with van der Waals surface area (Å²) in [6.07, 6.45) is 9.39. The Balaban J connectivity index is 0.00000120. The van der Waals surface area contributed by atoms with Gasteiger partial charge in [-0.25, -0.2) is 0 Å². The van der Waals surface area contributed by atoms with Crippen LogP contribution < -0.4 is 10.5 Å². The molecule has 0 spiro atoms. The molecule has 0 saturated heterocycles. The molecule has 0 aromatic heterocycles. The van der Waals surface area contributed by atoms with Crippen LogP contribution in [0.15, 0.2) is 72.3 Å². The van der Waals surface area contributed by atoms with Gasteiger partial charge in [0.15, 0.2) is 0 Å². The topological polar surface area (TPSA) is 72.5 Å². The predicted octanol–water partition coefficient (Wildman–Crippen LogP) is 6.57. The molecule has 0 bridgehead atoms. The minimum atomic E-state index is -2.96. The van der Waals surface area contributed by atoms with E-state index >= 15 is 0 Å². The van der Waals surface area contributed by atoms with Crippen molar-refractivity contribution >= 4 is 20.7 Å². The van der Waals surface area contributed by atoms with E-state index in [0.29, 0.717) is 25.0 Å². The number of amides is 1. The fourth-order valence-electron chi connectivity index (χ4n) is 3.47. The number of allylic oxidation sites excluding steroid dienone is 4. The van der Waals surface area contributed by atoms with Crippen LogP contribution in [0.1, 0.15) is 56.4 Å². The van der Waals surface area contributed by atoms with Gasteiger partial charge in [0.25, 0.3) is 5.66 Å². The molecule has 0 radical (unpaired) electrons. The Kier molecular flexibility index (Phi) is 13.9. The minimum absolute atomic E-state index is 0.0378. The van der Waals surface area contributed by atoms with Gasteiger partial charge in [0.05, 0.1) is 6.61 Å². The number of aliphatic hydroxyl groups excluding tert-OH is 1. The highest BCUT2D eigenvalue weighted by Crippen LogP contribution is 2.35. The second-order valence-corrected chi connectivity index (χ2v) is 8.37. The molecule has 0 aliphatic heterocycles. The minimum Gasteiger partial charge on any atom is -0.492 e. The standard InChI is InChI=1S/C25H26F2NO2P.C2H6O.C2H6/c1-2-18-10-6-12-22(19-8-3-4-9-20(16-19)24(28)29)23(18)30-14-13-17-7-5-11-21(15-17)25(26,27)31;1-2-3;1-2/h3,5-12,15-16H,2,4,13-14,31H2,1H3,(H2,28,29);3H,2H2,1H3;1-2H3. The van der Waals surface area contributed by atoms with Crippen LogP contribution in [0.2, 0.25) is 0 Å². The van der Waals surface area contributed by atoms with Crippen molar-refractivity contribution < 1.29 is 23.4 Å². The van der Waals surface area contributed by atoms with Crippen LogP contribution in [0, 0.1) is 0 Å². The van der Waals surface area contributed by atoms with Gasteiger partial charge >= 0.3 is 0 Å². The molecule has 0 saturated carbocycles. The maximum Gasteiger partial charge on any atom is 0.283 e. The number of benzene rings is 2. The summed E-state index contributed by atoms with van der Waals surface area (Å²) in [7, 11) is 1.57. The van der Waals surface area contributed by atoms with Gasteiger partial charge in [-0.05, 0) is 48.6 Å². The van der Waals surface area contributed by atoms with Crippen LogP contribution >= 0.6 is 9.24 Å². The second-order valence-electron chi connectivity index (χ2n) is 7.65. The lowest BCUT2D eigenvalue weighted by molar-refractivity contribution is -0.114. The van der Waals surface area contributed by atoms with Gasteiger partial charge in [-0.2, -0.15) is 8.78 Å². The van der Waals surface area contributed by atoms with E-state index in [-0.39, 0.29) is 12.2 Å². The number of nitrogens with two attached hydrogens (primary N) is 1. The number of halogens is 2. The average molecular weight is 518 g/mol. The highest BCUT2D eigenvalue weighted by atomic mass is 31.0. The highest BCUT2D eigenvalue weighted by Gasteiger charge is 2.24. The Morgan fingerprint density at radius 2 is 1.83 bits per heavy atom. The Morgan fingerprint density at radius 1 is 1.17 bits per heavy atom. The molecule has 1 aliphatic rings. The number of carbonyl (C=O) groups excluding carboxylic acids is 1. The molecular weight excluding hydrogens is 479 g/mol. The van der Waals surface area contributed by atoms with Crippen molar-refractivity contribution in [1.82, 2.24) is 0 Å². The van der Waals surface area contributed by atoms with E-state index in [1.807, 2.05) is 57.2 Å². The summed E-state index contributed by atoms with van der Waals surface area (Å²) in [6.45, 7) is 8.31. The predicted molar refractivity (Wildman–Crippen MR) is 148 cm³/mol. The third-order valence-electron chi connectivity index (χ3n) is 5.10. The molecule has 2 aromatic rings. The quantitative estimate of drug-likeness (QED) is 0.389. The maximum absolute atomic E-state index is 13.6. The Bertz CT molecular complexity index is 1070. The molecule has 1 unspecified atom stereocenters. The summed E-state index contributed by atoms with van der Waals surface area (Å²) >= 11 is 0. The van der Waals surface area contributed by atoms with E-state index < -0.39 is 11.6 Å². The molecule has 0 fully saturated rings. The molecule has 2 aromatic carbocycles. The van der Waals surface area contributed by atoms with Crippen molar-refractivity contribution in [2.45, 2.75) is 52.6 Å². The monoisotopic (exact) mass is 517 g/mol. The number of aryl methyl sites for hydroxylation is 1. The lowest BCUT2D eigenvalue weighted by atomic mass is 9.98. The van der Waals surface area contributed by atoms with Crippen molar-refractivity contribution in [3.8, 4) is 5.75 Å². The van der Waals surface area contributed by atoms with Crippen LogP contribution in [0.4, 0.5) is 8.78 Å². The lowest BCUT2D eigenvalue weighted by Crippen LogP contribution is -2.12. The largest absolute Gasteiger partial charge is 0.492 e. The van der Waals surface area contributed by atoms with E-state index in [1.165, 1.54) is 12.1 Å². The Hall–Kier alpha value is -2.82. The first-order valence-electron chi connectivity index (χ1n) is 12.2. The number of hydrogen-bond donors (Lipinski definition) is 2. The molecule has 3 rings (SSSR count). The number of hydrogen-bond acceptors (Lipinski definition) is 3. The number of para-hydroxylation sites is 1. The van der Waals surface area contributed by atoms with E-state index in [2.05, 4.69) is 0 Å². The highest BCUT2D eigenvalue weighted by molar-refractivity contribution is 7.17. The van der Waals surface area contributed by atoms with Crippen LogP contribution in [0.5, 0.6) is 5.75 Å². The molecule has 1 amide bonds. The van der Waals surface area contributed by atoms with Gasteiger partial charge in [0, 0.05) is 29.7 Å². The summed E-state index contributed by atoms with van der Waals surface area (Å²) in [5.41, 5.74) is 6.49. The van der Waals surface area contributed by atoms with Gasteiger partial charge < -0.3 is 15.6 Å². The third-order valence-corrected chi connectivity index (χ3v) is 5.44. The van der Waals surface area contributed by atoms with Crippen molar-refractivity contribution in [1.29, 1.82) is 0 Å². The molecule has 196 valence electrons. The molecule has 4 nitrogen and oxygen atoms in total. The average Bonchev–Trinajstić information content (AvgIpc) is 3.12. The maximum atomic E-state index is 13.6. The van der Waals surface area contributed by atoms with E-state index in [9.17, 15) is 13.6 Å². The Morgan fingerprint density at radius 3 is 2.44 bits per heavy atom. The first-order valence-corrected chi connectivity index (χ1v) is 12.8. The van der Waals surface area contributed by atoms with Gasteiger partial charge in [0.2, 0.25) is 5.91 Å². The molecular formula is C29H38F2NO3P. The van der Waals surface area contributed by atoms with Crippen LogP contribution in [0.25, 0.3) is 5.57 Å². The number of carbonyl (C=O) groups is 1. The lowest BCUT2D eigenvalue weighted by Gasteiger charge is -2.17. The van der Waals surface area contributed by atoms with Crippen LogP contribution in [-0.4, -0.2) is 24.2 Å². The first kappa shape index (κ1) is 31.2. The van der Waals surface area contributed by atoms with Crippen molar-refractivity contribution in [2.75, 3.05) is 13.2 Å². The number of primary amides is 1. The summed E-state index contributed by atoms with van der Waals surface area (Å²) in [4.78, 5) is 11.7. The number of rotatable bonds is 8. The van der Waals surface area contributed by atoms with Crippen LogP contribution in [0.3, 0.4) is 0 Å². The number of ether oxygens (including phenoxy) is 1. The molecule has 0 heterocycles. The zero-order valence-corrected chi connectivity index (χ0v) is 22.7. The molecule has 1 aliphatic carbocycles. The summed E-state index contributed by atoms with van der Waals surface area (Å²) < 4.78 is 33.3. The van der Waals surface area contributed by atoms with E-state index in [0.717, 1.165) is 34.4 Å². The summed E-state index contributed by atoms with van der Waals surface area (Å²) in [5.74, 6) is 0.264. The fourth-order valence-corrected chi connectivity index (χ4v) is 3.65. The summed E-state index contributed by atoms with van der Waals surface area (Å²) in [5, 5.41) is 7.57. The zero-order chi connectivity index (χ0) is 27.1. The second kappa shape index (κ2) is 16.0. The summed E-state index contributed by atoms with van der Waals surface area (Å²) in [6, 6.07) is 12.3. The third kappa shape index (κ3) is 9.67. The molecule has 7 heteroatoms. The SMILES string of the molecule is CC.CCO.CCc1cccc(C2=CC(C(N)=O)=CCC=C2)c1OCCc1cccc(C(F)(F)P)c1. The fraction of sp³-hybridized carbons (Fsp3) is 0.345. The van der Waals surface area contributed by atoms with Crippen molar-refractivity contribution in [3.63, 3.8) is 0 Å². The molecule has 3 N–H and O–H groups in total. The van der Waals surface area contributed by atoms with Crippen LogP contribution in [-0.2, 0) is 23.3 Å². The smallest absolute Gasteiger partial charge is 0.283 e.